The maximum Gasteiger partial charge on any atom is 0.263 e. The molecule has 1 aliphatic carbocycles. The molecule has 0 N–H and O–H groups in total. The van der Waals surface area contributed by atoms with Crippen molar-refractivity contribution >= 4 is 44.7 Å². The van der Waals surface area contributed by atoms with Gasteiger partial charge in [0.1, 0.15) is 4.83 Å². The van der Waals surface area contributed by atoms with E-state index in [0.717, 1.165) is 56.4 Å². The molecule has 0 spiro atoms. The second-order valence-corrected chi connectivity index (χ2v) is 11.1. The van der Waals surface area contributed by atoms with Gasteiger partial charge in [0, 0.05) is 10.9 Å². The number of aromatic nitrogens is 4. The second kappa shape index (κ2) is 7.94. The highest BCUT2D eigenvalue weighted by atomic mass is 32.2. The van der Waals surface area contributed by atoms with Crippen LogP contribution in [0.3, 0.4) is 0 Å². The Balaban J connectivity index is 1.54. The van der Waals surface area contributed by atoms with Crippen molar-refractivity contribution < 1.29 is 4.42 Å². The molecule has 1 fully saturated rings. The molecule has 0 aliphatic heterocycles. The number of fused-ring (bicyclic) bond motifs is 1. The number of thiophene rings is 2. The Labute approximate surface area is 186 Å². The highest BCUT2D eigenvalue weighted by Gasteiger charge is 2.27. The first kappa shape index (κ1) is 20.0. The monoisotopic (exact) mass is 458 g/mol. The molecule has 30 heavy (non-hydrogen) atoms. The highest BCUT2D eigenvalue weighted by molar-refractivity contribution is 7.99. The first-order valence-corrected chi connectivity index (χ1v) is 12.7. The van der Waals surface area contributed by atoms with E-state index in [2.05, 4.69) is 17.1 Å². The molecule has 156 valence electrons. The van der Waals surface area contributed by atoms with Gasteiger partial charge >= 0.3 is 0 Å². The lowest BCUT2D eigenvalue weighted by Gasteiger charge is -2.19. The maximum absolute atomic E-state index is 13.5. The molecule has 4 aromatic heterocycles. The van der Waals surface area contributed by atoms with Gasteiger partial charge in [-0.1, -0.05) is 30.7 Å². The van der Waals surface area contributed by atoms with Gasteiger partial charge in [-0.25, -0.2) is 4.98 Å². The average Bonchev–Trinajstić information content (AvgIpc) is 3.51. The van der Waals surface area contributed by atoms with Crippen LogP contribution in [-0.2, 0) is 0 Å². The van der Waals surface area contributed by atoms with E-state index in [1.807, 2.05) is 35.9 Å². The minimum Gasteiger partial charge on any atom is -0.419 e. The van der Waals surface area contributed by atoms with E-state index >= 15 is 0 Å². The van der Waals surface area contributed by atoms with Gasteiger partial charge in [0.15, 0.2) is 5.16 Å². The van der Waals surface area contributed by atoms with Gasteiger partial charge in [-0.15, -0.1) is 32.9 Å². The van der Waals surface area contributed by atoms with Gasteiger partial charge in [-0.2, -0.15) is 0 Å². The van der Waals surface area contributed by atoms with Crippen LogP contribution in [-0.4, -0.2) is 19.7 Å². The molecular formula is C21H22N4O2S3. The van der Waals surface area contributed by atoms with Crippen LogP contribution >= 0.6 is 34.4 Å². The zero-order valence-corrected chi connectivity index (χ0v) is 19.5. The summed E-state index contributed by atoms with van der Waals surface area (Å²) in [5.41, 5.74) is 1.15. The summed E-state index contributed by atoms with van der Waals surface area (Å²) in [7, 11) is 0. The molecule has 1 unspecified atom stereocenters. The minimum atomic E-state index is -0.106. The van der Waals surface area contributed by atoms with Gasteiger partial charge in [0.2, 0.25) is 5.89 Å². The van der Waals surface area contributed by atoms with E-state index in [9.17, 15) is 4.79 Å². The number of hydrogen-bond acceptors (Lipinski definition) is 8. The fourth-order valence-electron chi connectivity index (χ4n) is 3.96. The van der Waals surface area contributed by atoms with Crippen LogP contribution in [0.4, 0.5) is 0 Å². The maximum atomic E-state index is 13.5. The lowest BCUT2D eigenvalue weighted by Crippen LogP contribution is -2.26. The summed E-state index contributed by atoms with van der Waals surface area (Å²) in [5, 5.41) is 11.9. The fraction of sp³-hybridized carbons (Fsp3) is 0.429. The number of nitrogens with zero attached hydrogens (tertiary/aromatic N) is 4. The van der Waals surface area contributed by atoms with Gasteiger partial charge in [-0.05, 0) is 50.6 Å². The summed E-state index contributed by atoms with van der Waals surface area (Å²) < 4.78 is 7.86. The number of rotatable bonds is 5. The standard InChI is InChI=1S/C21H22N4O2S3/c1-11-12(2)29-19-16(11)20(26)25(14-7-4-5-8-14)21(22-19)30-13(3)17-23-24-18(27-17)15-9-6-10-28-15/h6,9-10,13-14H,4-5,7-8H2,1-3H3. The lowest BCUT2D eigenvalue weighted by atomic mass is 10.2. The average molecular weight is 459 g/mol. The van der Waals surface area contributed by atoms with E-state index < -0.39 is 0 Å². The second-order valence-electron chi connectivity index (χ2n) is 7.65. The molecule has 0 amide bonds. The Morgan fingerprint density at radius 1 is 1.27 bits per heavy atom. The normalized spacial score (nSPS) is 16.0. The summed E-state index contributed by atoms with van der Waals surface area (Å²) in [6.45, 7) is 6.11. The summed E-state index contributed by atoms with van der Waals surface area (Å²) >= 11 is 4.70. The zero-order valence-electron chi connectivity index (χ0n) is 17.0. The van der Waals surface area contributed by atoms with Gasteiger partial charge < -0.3 is 4.42 Å². The van der Waals surface area contributed by atoms with Crippen LogP contribution in [0.5, 0.6) is 0 Å². The Morgan fingerprint density at radius 2 is 2.07 bits per heavy atom. The van der Waals surface area contributed by atoms with E-state index in [0.29, 0.717) is 11.8 Å². The Kier molecular flexibility index (Phi) is 5.28. The van der Waals surface area contributed by atoms with Gasteiger partial charge in [0.05, 0.1) is 15.5 Å². The van der Waals surface area contributed by atoms with E-state index in [4.69, 9.17) is 9.40 Å². The van der Waals surface area contributed by atoms with Crippen molar-refractivity contribution in [2.75, 3.05) is 0 Å². The van der Waals surface area contributed by atoms with Crippen molar-refractivity contribution in [3.8, 4) is 10.8 Å². The lowest BCUT2D eigenvalue weighted by molar-refractivity contribution is 0.456. The number of thioether (sulfide) groups is 1. The predicted molar refractivity (Wildman–Crippen MR) is 123 cm³/mol. The SMILES string of the molecule is Cc1sc2nc(SC(C)c3nnc(-c4cccs4)o3)n(C3CCCC3)c(=O)c2c1C. The van der Waals surface area contributed by atoms with Crippen molar-refractivity contribution in [1.82, 2.24) is 19.7 Å². The molecule has 0 saturated heterocycles. The quantitative estimate of drug-likeness (QED) is 0.264. The van der Waals surface area contributed by atoms with Crippen LogP contribution in [0.2, 0.25) is 0 Å². The molecule has 1 aliphatic rings. The number of aryl methyl sites for hydroxylation is 2. The third kappa shape index (κ3) is 3.42. The zero-order chi connectivity index (χ0) is 20.8. The van der Waals surface area contributed by atoms with E-state index in [1.165, 1.54) is 11.8 Å². The van der Waals surface area contributed by atoms with Crippen molar-refractivity contribution in [1.29, 1.82) is 0 Å². The Hall–Kier alpha value is -1.97. The van der Waals surface area contributed by atoms with Crippen LogP contribution in [0.15, 0.2) is 31.9 Å². The van der Waals surface area contributed by atoms with Crippen LogP contribution in [0.1, 0.15) is 60.2 Å². The molecule has 0 radical (unpaired) electrons. The summed E-state index contributed by atoms with van der Waals surface area (Å²) in [5.74, 6) is 1.09. The van der Waals surface area contributed by atoms with Gasteiger partial charge in [0.25, 0.3) is 11.4 Å². The molecule has 6 nitrogen and oxygen atoms in total. The van der Waals surface area contributed by atoms with Crippen LogP contribution < -0.4 is 5.56 Å². The fourth-order valence-corrected chi connectivity index (χ4v) is 6.69. The topological polar surface area (TPSA) is 73.8 Å². The summed E-state index contributed by atoms with van der Waals surface area (Å²) in [6.07, 6.45) is 4.37. The van der Waals surface area contributed by atoms with Gasteiger partial charge in [-0.3, -0.25) is 9.36 Å². The smallest absolute Gasteiger partial charge is 0.263 e. The van der Waals surface area contributed by atoms with Crippen molar-refractivity contribution in [2.45, 2.75) is 62.9 Å². The molecule has 0 aromatic carbocycles. The third-order valence-corrected chi connectivity index (χ3v) is 8.71. The minimum absolute atomic E-state index is 0.0910. The molecule has 4 aromatic rings. The number of hydrogen-bond donors (Lipinski definition) is 0. The van der Waals surface area contributed by atoms with Crippen LogP contribution in [0.25, 0.3) is 21.0 Å². The molecule has 1 atom stereocenters. The Bertz CT molecular complexity index is 1250. The molecule has 1 saturated carbocycles. The van der Waals surface area contributed by atoms with Crippen molar-refractivity contribution in [3.63, 3.8) is 0 Å². The molecular weight excluding hydrogens is 436 g/mol. The van der Waals surface area contributed by atoms with Crippen molar-refractivity contribution in [3.05, 3.63) is 44.2 Å². The first-order chi connectivity index (χ1) is 14.5. The summed E-state index contributed by atoms with van der Waals surface area (Å²) in [4.78, 5) is 21.4. The first-order valence-electron chi connectivity index (χ1n) is 10.1. The largest absolute Gasteiger partial charge is 0.419 e. The molecule has 0 bridgehead atoms. The summed E-state index contributed by atoms with van der Waals surface area (Å²) in [6, 6.07) is 4.15. The van der Waals surface area contributed by atoms with Crippen LogP contribution in [0, 0.1) is 13.8 Å². The van der Waals surface area contributed by atoms with E-state index in [-0.39, 0.29) is 16.9 Å². The van der Waals surface area contributed by atoms with E-state index in [1.54, 1.807) is 22.7 Å². The molecule has 5 rings (SSSR count). The predicted octanol–water partition coefficient (Wildman–Crippen LogP) is 6.15. The molecule has 4 heterocycles. The third-order valence-electron chi connectivity index (χ3n) is 5.70. The van der Waals surface area contributed by atoms with Crippen molar-refractivity contribution in [2.24, 2.45) is 0 Å². The Morgan fingerprint density at radius 3 is 2.80 bits per heavy atom. The molecule has 9 heteroatoms. The highest BCUT2D eigenvalue weighted by Crippen LogP contribution is 2.39.